The molecule has 0 heterocycles. The van der Waals surface area contributed by atoms with Crippen LogP contribution >= 0.6 is 11.8 Å². The maximum absolute atomic E-state index is 11.4. The van der Waals surface area contributed by atoms with E-state index in [2.05, 4.69) is 10.8 Å². The number of benzene rings is 1. The van der Waals surface area contributed by atoms with Gasteiger partial charge in [-0.1, -0.05) is 13.0 Å². The molecule has 0 aliphatic carbocycles. The molecule has 0 bridgehead atoms. The zero-order valence-corrected chi connectivity index (χ0v) is 10.6. The third kappa shape index (κ3) is 3.40. The molecule has 1 aromatic rings. The summed E-state index contributed by atoms with van der Waals surface area (Å²) in [6, 6.07) is 7.32. The average molecular weight is 250 g/mol. The summed E-state index contributed by atoms with van der Waals surface area (Å²) in [6.07, 6.45) is 0.437. The number of ether oxygens (including phenoxy) is 1. The van der Waals surface area contributed by atoms with Crippen LogP contribution in [0, 0.1) is 11.3 Å². The van der Waals surface area contributed by atoms with Crippen molar-refractivity contribution in [3.8, 4) is 6.07 Å². The minimum absolute atomic E-state index is 0.134. The molecule has 1 unspecified atom stereocenters. The third-order valence-electron chi connectivity index (χ3n) is 2.18. The number of para-hydroxylation sites is 1. The predicted octanol–water partition coefficient (Wildman–Crippen LogP) is 2.45. The Kier molecular flexibility index (Phi) is 4.85. The molecule has 1 rings (SSSR count). The number of carbonyl (C=O) groups is 1. The van der Waals surface area contributed by atoms with Crippen molar-refractivity contribution in [2.24, 2.45) is 0 Å². The van der Waals surface area contributed by atoms with Gasteiger partial charge in [-0.3, -0.25) is 0 Å². The molecule has 0 radical (unpaired) electrons. The van der Waals surface area contributed by atoms with E-state index in [4.69, 9.17) is 11.0 Å². The van der Waals surface area contributed by atoms with Crippen molar-refractivity contribution in [3.05, 3.63) is 23.8 Å². The molecule has 2 N–H and O–H groups in total. The highest BCUT2D eigenvalue weighted by Crippen LogP contribution is 2.32. The van der Waals surface area contributed by atoms with E-state index in [1.54, 1.807) is 12.1 Å². The molecular formula is C12H14N2O2S. The first-order valence-electron chi connectivity index (χ1n) is 5.10. The van der Waals surface area contributed by atoms with Gasteiger partial charge < -0.3 is 10.5 Å². The van der Waals surface area contributed by atoms with Crippen LogP contribution in [0.4, 0.5) is 5.69 Å². The predicted molar refractivity (Wildman–Crippen MR) is 67.7 cm³/mol. The van der Waals surface area contributed by atoms with Crippen LogP contribution in [-0.4, -0.2) is 18.3 Å². The number of anilines is 1. The summed E-state index contributed by atoms with van der Waals surface area (Å²) in [7, 11) is 1.32. The molecule has 90 valence electrons. The number of nitrogens with two attached hydrogens (primary N) is 1. The fourth-order valence-electron chi connectivity index (χ4n) is 1.32. The SMILES string of the molecule is COC(=O)c1cccc(SC(C)CC#N)c1N. The number of rotatable bonds is 4. The van der Waals surface area contributed by atoms with Crippen LogP contribution in [0.5, 0.6) is 0 Å². The normalized spacial score (nSPS) is 11.6. The van der Waals surface area contributed by atoms with Crippen molar-refractivity contribution in [1.29, 1.82) is 5.26 Å². The number of hydrogen-bond acceptors (Lipinski definition) is 5. The van der Waals surface area contributed by atoms with Gasteiger partial charge in [0.05, 0.1) is 24.4 Å². The van der Waals surface area contributed by atoms with E-state index < -0.39 is 5.97 Å². The van der Waals surface area contributed by atoms with Crippen LogP contribution in [0.1, 0.15) is 23.7 Å². The van der Waals surface area contributed by atoms with Crippen molar-refractivity contribution in [2.75, 3.05) is 12.8 Å². The van der Waals surface area contributed by atoms with Gasteiger partial charge >= 0.3 is 5.97 Å². The molecule has 5 heteroatoms. The van der Waals surface area contributed by atoms with Gasteiger partial charge in [-0.05, 0) is 12.1 Å². The fraction of sp³-hybridized carbons (Fsp3) is 0.333. The van der Waals surface area contributed by atoms with Crippen molar-refractivity contribution < 1.29 is 9.53 Å². The molecule has 0 saturated carbocycles. The van der Waals surface area contributed by atoms with Gasteiger partial charge in [-0.25, -0.2) is 4.79 Å². The van der Waals surface area contributed by atoms with Crippen molar-refractivity contribution in [2.45, 2.75) is 23.5 Å². The van der Waals surface area contributed by atoms with Crippen LogP contribution in [0.15, 0.2) is 23.1 Å². The zero-order chi connectivity index (χ0) is 12.8. The van der Waals surface area contributed by atoms with E-state index in [-0.39, 0.29) is 5.25 Å². The number of nitrogen functional groups attached to an aromatic ring is 1. The first-order chi connectivity index (χ1) is 8.10. The standard InChI is InChI=1S/C12H14N2O2S/c1-8(6-7-13)17-10-5-3-4-9(11(10)14)12(15)16-2/h3-5,8H,6,14H2,1-2H3. The molecule has 0 spiro atoms. The van der Waals surface area contributed by atoms with Gasteiger partial charge in [0.15, 0.2) is 0 Å². The number of methoxy groups -OCH3 is 1. The van der Waals surface area contributed by atoms with Gasteiger partial charge in [-0.15, -0.1) is 11.8 Å². The average Bonchev–Trinajstić information content (AvgIpc) is 2.31. The van der Waals surface area contributed by atoms with Gasteiger partial charge in [0, 0.05) is 16.6 Å². The Bertz CT molecular complexity index is 454. The molecule has 0 aliphatic rings. The zero-order valence-electron chi connectivity index (χ0n) is 9.77. The number of hydrogen-bond donors (Lipinski definition) is 1. The minimum Gasteiger partial charge on any atom is -0.465 e. The first-order valence-corrected chi connectivity index (χ1v) is 5.98. The summed E-state index contributed by atoms with van der Waals surface area (Å²) in [5.41, 5.74) is 6.67. The Hall–Kier alpha value is -1.67. The number of nitrogens with zero attached hydrogens (tertiary/aromatic N) is 1. The van der Waals surface area contributed by atoms with Crippen LogP contribution in [0.2, 0.25) is 0 Å². The van der Waals surface area contributed by atoms with Gasteiger partial charge in [-0.2, -0.15) is 5.26 Å². The molecule has 0 saturated heterocycles. The maximum Gasteiger partial charge on any atom is 0.339 e. The monoisotopic (exact) mass is 250 g/mol. The van der Waals surface area contributed by atoms with Crippen LogP contribution in [-0.2, 0) is 4.74 Å². The lowest BCUT2D eigenvalue weighted by atomic mass is 10.2. The van der Waals surface area contributed by atoms with Gasteiger partial charge in [0.2, 0.25) is 0 Å². The Morgan fingerprint density at radius 3 is 2.94 bits per heavy atom. The van der Waals surface area contributed by atoms with E-state index in [1.807, 2.05) is 13.0 Å². The van der Waals surface area contributed by atoms with Crippen molar-refractivity contribution in [1.82, 2.24) is 0 Å². The molecule has 0 aromatic heterocycles. The summed E-state index contributed by atoms with van der Waals surface area (Å²) < 4.78 is 4.64. The van der Waals surface area contributed by atoms with E-state index in [0.29, 0.717) is 17.7 Å². The smallest absolute Gasteiger partial charge is 0.339 e. The third-order valence-corrected chi connectivity index (χ3v) is 3.36. The molecule has 1 aromatic carbocycles. The largest absolute Gasteiger partial charge is 0.465 e. The summed E-state index contributed by atoms with van der Waals surface area (Å²) >= 11 is 1.48. The van der Waals surface area contributed by atoms with Gasteiger partial charge in [0.25, 0.3) is 0 Å². The van der Waals surface area contributed by atoms with E-state index in [1.165, 1.54) is 18.9 Å². The molecule has 0 aliphatic heterocycles. The van der Waals surface area contributed by atoms with Gasteiger partial charge in [0.1, 0.15) is 0 Å². The Morgan fingerprint density at radius 2 is 2.35 bits per heavy atom. The second-order valence-electron chi connectivity index (χ2n) is 3.50. The lowest BCUT2D eigenvalue weighted by Gasteiger charge is -2.11. The van der Waals surface area contributed by atoms with Crippen molar-refractivity contribution >= 4 is 23.4 Å². The van der Waals surface area contributed by atoms with E-state index in [0.717, 1.165) is 4.90 Å². The number of carbonyl (C=O) groups excluding carboxylic acids is 1. The summed E-state index contributed by atoms with van der Waals surface area (Å²) in [5.74, 6) is -0.446. The van der Waals surface area contributed by atoms with Crippen LogP contribution in [0.3, 0.4) is 0 Å². The maximum atomic E-state index is 11.4. The summed E-state index contributed by atoms with van der Waals surface area (Å²) in [4.78, 5) is 12.2. The number of esters is 1. The first kappa shape index (κ1) is 13.4. The summed E-state index contributed by atoms with van der Waals surface area (Å²) in [5, 5.41) is 8.73. The topological polar surface area (TPSA) is 76.1 Å². The molecule has 0 amide bonds. The van der Waals surface area contributed by atoms with E-state index >= 15 is 0 Å². The highest BCUT2D eigenvalue weighted by Gasteiger charge is 2.14. The van der Waals surface area contributed by atoms with Crippen LogP contribution in [0.25, 0.3) is 0 Å². The second kappa shape index (κ2) is 6.16. The molecule has 1 atom stereocenters. The van der Waals surface area contributed by atoms with E-state index in [9.17, 15) is 4.79 Å². The van der Waals surface area contributed by atoms with Crippen LogP contribution < -0.4 is 5.73 Å². The molecule has 4 nitrogen and oxygen atoms in total. The van der Waals surface area contributed by atoms with Crippen molar-refractivity contribution in [3.63, 3.8) is 0 Å². The fourth-order valence-corrected chi connectivity index (χ4v) is 2.31. The quantitative estimate of drug-likeness (QED) is 0.504. The Morgan fingerprint density at radius 1 is 1.65 bits per heavy atom. The number of nitriles is 1. The highest BCUT2D eigenvalue weighted by atomic mass is 32.2. The Balaban J connectivity index is 2.95. The minimum atomic E-state index is -0.446. The lowest BCUT2D eigenvalue weighted by Crippen LogP contribution is -2.07. The highest BCUT2D eigenvalue weighted by molar-refractivity contribution is 8.00. The molecule has 17 heavy (non-hydrogen) atoms. The molecular weight excluding hydrogens is 236 g/mol. The lowest BCUT2D eigenvalue weighted by molar-refractivity contribution is 0.0601. The molecule has 0 fully saturated rings. The Labute approximate surface area is 105 Å². The summed E-state index contributed by atoms with van der Waals surface area (Å²) in [6.45, 7) is 1.94. The second-order valence-corrected chi connectivity index (χ2v) is 4.98. The number of thioether (sulfide) groups is 1.